The van der Waals surface area contributed by atoms with E-state index in [1.165, 1.54) is 0 Å². The smallest absolute Gasteiger partial charge is 0.223 e. The van der Waals surface area contributed by atoms with Crippen LogP contribution in [0.3, 0.4) is 0 Å². The fraction of sp³-hybridized carbons (Fsp3) is 0.750. The molecule has 0 bridgehead atoms. The van der Waals surface area contributed by atoms with Gasteiger partial charge < -0.3 is 11.1 Å². The Kier molecular flexibility index (Phi) is 1.45. The van der Waals surface area contributed by atoms with E-state index in [-0.39, 0.29) is 12.1 Å². The van der Waals surface area contributed by atoms with Crippen LogP contribution >= 0.6 is 0 Å². The van der Waals surface area contributed by atoms with E-state index in [0.29, 0.717) is 13.1 Å². The van der Waals surface area contributed by atoms with Crippen LogP contribution in [0.25, 0.3) is 0 Å². The largest absolute Gasteiger partial charge is 0.343 e. The van der Waals surface area contributed by atoms with Crippen LogP contribution in [0.15, 0.2) is 0 Å². The molecule has 0 saturated carbocycles. The molecule has 0 spiro atoms. The Hall–Kier alpha value is -0.610. The summed E-state index contributed by atoms with van der Waals surface area (Å²) in [6.07, 6.45) is 0.240. The summed E-state index contributed by atoms with van der Waals surface area (Å²) < 4.78 is 0. The number of nitrogens with two attached hydrogens (primary N) is 1. The average molecular weight is 115 g/mol. The van der Waals surface area contributed by atoms with Gasteiger partial charge in [0.05, 0.1) is 19.3 Å². The molecule has 1 heterocycles. The normalized spacial score (nSPS) is 29.6. The standard InChI is InChI=1S/C4H9N3O/c5-3-1-4(8)7-2-6-3/h3,6H,1-2,5H2,(H,7,8). The lowest BCUT2D eigenvalue weighted by Crippen LogP contribution is -2.52. The van der Waals surface area contributed by atoms with Crippen LogP contribution in [0.4, 0.5) is 0 Å². The Morgan fingerprint density at radius 3 is 2.88 bits per heavy atom. The highest BCUT2D eigenvalue weighted by Crippen LogP contribution is 1.86. The van der Waals surface area contributed by atoms with Crippen LogP contribution in [0.2, 0.25) is 0 Å². The minimum atomic E-state index is -0.149. The number of rotatable bonds is 0. The summed E-state index contributed by atoms with van der Waals surface area (Å²) in [5.41, 5.74) is 5.35. The van der Waals surface area contributed by atoms with Gasteiger partial charge in [0.25, 0.3) is 0 Å². The zero-order valence-corrected chi connectivity index (χ0v) is 4.48. The molecule has 1 amide bonds. The molecule has 8 heavy (non-hydrogen) atoms. The van der Waals surface area contributed by atoms with Crippen LogP contribution < -0.4 is 16.4 Å². The summed E-state index contributed by atoms with van der Waals surface area (Å²) in [4.78, 5) is 10.4. The molecule has 0 radical (unpaired) electrons. The molecule has 0 aromatic heterocycles. The molecule has 1 saturated heterocycles. The van der Waals surface area contributed by atoms with Crippen molar-refractivity contribution in [2.45, 2.75) is 12.6 Å². The molecule has 1 rings (SSSR count). The van der Waals surface area contributed by atoms with Crippen LogP contribution in [0.5, 0.6) is 0 Å². The molecule has 1 atom stereocenters. The van der Waals surface area contributed by atoms with Gasteiger partial charge in [0, 0.05) is 0 Å². The Balaban J connectivity index is 2.34. The first-order valence-electron chi connectivity index (χ1n) is 2.55. The van der Waals surface area contributed by atoms with Crippen LogP contribution in [0, 0.1) is 0 Å². The fourth-order valence-corrected chi connectivity index (χ4v) is 0.625. The van der Waals surface area contributed by atoms with E-state index in [9.17, 15) is 4.79 Å². The van der Waals surface area contributed by atoms with Crippen molar-refractivity contribution in [3.63, 3.8) is 0 Å². The van der Waals surface area contributed by atoms with Gasteiger partial charge in [0.15, 0.2) is 0 Å². The van der Waals surface area contributed by atoms with Gasteiger partial charge >= 0.3 is 0 Å². The monoisotopic (exact) mass is 115 g/mol. The van der Waals surface area contributed by atoms with Crippen LogP contribution in [0.1, 0.15) is 6.42 Å². The van der Waals surface area contributed by atoms with Gasteiger partial charge in [-0.1, -0.05) is 0 Å². The van der Waals surface area contributed by atoms with Gasteiger partial charge in [-0.05, 0) is 0 Å². The maximum atomic E-state index is 10.4. The summed E-state index contributed by atoms with van der Waals surface area (Å²) in [5.74, 6) is 0.0243. The molecule has 1 aliphatic heterocycles. The van der Waals surface area contributed by atoms with Crippen molar-refractivity contribution in [1.82, 2.24) is 10.6 Å². The molecule has 46 valence electrons. The van der Waals surface area contributed by atoms with Gasteiger partial charge in [-0.15, -0.1) is 0 Å². The molecule has 0 aromatic carbocycles. The minimum absolute atomic E-state index is 0.0243. The summed E-state index contributed by atoms with van der Waals surface area (Å²) in [6.45, 7) is 0.500. The van der Waals surface area contributed by atoms with Gasteiger partial charge in [-0.25, -0.2) is 0 Å². The molecule has 0 aliphatic carbocycles. The number of amides is 1. The van der Waals surface area contributed by atoms with Crippen molar-refractivity contribution in [2.24, 2.45) is 5.73 Å². The second kappa shape index (κ2) is 2.11. The zero-order valence-electron chi connectivity index (χ0n) is 4.48. The van der Waals surface area contributed by atoms with Crippen molar-refractivity contribution in [2.75, 3.05) is 6.67 Å². The summed E-state index contributed by atoms with van der Waals surface area (Å²) in [5, 5.41) is 5.44. The number of hydrogen-bond acceptors (Lipinski definition) is 3. The van der Waals surface area contributed by atoms with Gasteiger partial charge in [0.2, 0.25) is 5.91 Å². The molecule has 1 fully saturated rings. The third-order valence-corrected chi connectivity index (χ3v) is 1.06. The van der Waals surface area contributed by atoms with E-state index in [1.54, 1.807) is 0 Å². The maximum absolute atomic E-state index is 10.4. The second-order valence-electron chi connectivity index (χ2n) is 1.79. The molecule has 4 N–H and O–H groups in total. The van der Waals surface area contributed by atoms with E-state index in [4.69, 9.17) is 5.73 Å². The van der Waals surface area contributed by atoms with Crippen molar-refractivity contribution < 1.29 is 4.79 Å². The number of carbonyl (C=O) groups excluding carboxylic acids is 1. The van der Waals surface area contributed by atoms with E-state index in [1.807, 2.05) is 0 Å². The van der Waals surface area contributed by atoms with E-state index < -0.39 is 0 Å². The maximum Gasteiger partial charge on any atom is 0.223 e. The van der Waals surface area contributed by atoms with Crippen molar-refractivity contribution in [3.05, 3.63) is 0 Å². The van der Waals surface area contributed by atoms with E-state index >= 15 is 0 Å². The molecule has 0 aromatic rings. The quantitative estimate of drug-likeness (QED) is 0.354. The van der Waals surface area contributed by atoms with Crippen molar-refractivity contribution >= 4 is 5.91 Å². The van der Waals surface area contributed by atoms with E-state index in [2.05, 4.69) is 10.6 Å². The molecule has 1 aliphatic rings. The Morgan fingerprint density at radius 1 is 1.75 bits per heavy atom. The SMILES string of the molecule is NC1CC(=O)NCN1. The van der Waals surface area contributed by atoms with Gasteiger partial charge in [-0.3, -0.25) is 10.1 Å². The zero-order chi connectivity index (χ0) is 5.98. The topological polar surface area (TPSA) is 67.2 Å². The summed E-state index contributed by atoms with van der Waals surface area (Å²) in [7, 11) is 0. The molecular formula is C4H9N3O. The van der Waals surface area contributed by atoms with Crippen molar-refractivity contribution in [3.8, 4) is 0 Å². The third kappa shape index (κ3) is 1.18. The first kappa shape index (κ1) is 5.53. The highest BCUT2D eigenvalue weighted by molar-refractivity contribution is 5.77. The lowest BCUT2D eigenvalue weighted by atomic mass is 10.3. The minimum Gasteiger partial charge on any atom is -0.343 e. The van der Waals surface area contributed by atoms with Gasteiger partial charge in [0.1, 0.15) is 0 Å². The predicted molar refractivity (Wildman–Crippen MR) is 28.7 cm³/mol. The Bertz CT molecular complexity index is 103. The highest BCUT2D eigenvalue weighted by Gasteiger charge is 2.12. The first-order valence-corrected chi connectivity index (χ1v) is 2.55. The number of nitrogens with one attached hydrogen (secondary N) is 2. The Labute approximate surface area is 47.4 Å². The van der Waals surface area contributed by atoms with E-state index in [0.717, 1.165) is 0 Å². The van der Waals surface area contributed by atoms with Crippen molar-refractivity contribution in [1.29, 1.82) is 0 Å². The van der Waals surface area contributed by atoms with Gasteiger partial charge in [-0.2, -0.15) is 0 Å². The molecular weight excluding hydrogens is 106 g/mol. The average Bonchev–Trinajstić information content (AvgIpc) is 1.64. The first-order chi connectivity index (χ1) is 3.79. The highest BCUT2D eigenvalue weighted by atomic mass is 16.1. The summed E-state index contributed by atoms with van der Waals surface area (Å²) in [6, 6.07) is 0. The van der Waals surface area contributed by atoms with Crippen LogP contribution in [-0.4, -0.2) is 18.7 Å². The molecule has 4 heteroatoms. The second-order valence-corrected chi connectivity index (χ2v) is 1.79. The fourth-order valence-electron chi connectivity index (χ4n) is 0.625. The molecule has 1 unspecified atom stereocenters. The lowest BCUT2D eigenvalue weighted by Gasteiger charge is -2.19. The number of carbonyl (C=O) groups is 1. The third-order valence-electron chi connectivity index (χ3n) is 1.06. The number of hydrogen-bond donors (Lipinski definition) is 3. The lowest BCUT2D eigenvalue weighted by molar-refractivity contribution is -0.123. The van der Waals surface area contributed by atoms with Crippen LogP contribution in [-0.2, 0) is 4.79 Å². The Morgan fingerprint density at radius 2 is 2.50 bits per heavy atom. The summed E-state index contributed by atoms with van der Waals surface area (Å²) >= 11 is 0. The predicted octanol–water partition coefficient (Wildman–Crippen LogP) is -1.66. The molecule has 4 nitrogen and oxygen atoms in total.